The third-order valence-corrected chi connectivity index (χ3v) is 12.5. The summed E-state index contributed by atoms with van der Waals surface area (Å²) in [5.74, 6) is 0.384. The monoisotopic (exact) mass is 751 g/mol. The molecule has 0 bridgehead atoms. The molecule has 2 amide bonds. The molecule has 0 radical (unpaired) electrons. The molecule has 0 aliphatic carbocycles. The van der Waals surface area contributed by atoms with Crippen molar-refractivity contribution >= 4 is 51.2 Å². The molecule has 1 atom stereocenters. The van der Waals surface area contributed by atoms with Gasteiger partial charge < -0.3 is 29.5 Å². The average Bonchev–Trinajstić information content (AvgIpc) is 3.21. The van der Waals surface area contributed by atoms with Crippen molar-refractivity contribution in [3.8, 4) is 12.1 Å². The minimum atomic E-state index is -0.490. The molecule has 12 nitrogen and oxygen atoms in total. The van der Waals surface area contributed by atoms with E-state index in [1.54, 1.807) is 4.57 Å². The number of hydrogen-bond donors (Lipinski definition) is 2. The first-order valence-electron chi connectivity index (χ1n) is 19.9. The Labute approximate surface area is 327 Å². The van der Waals surface area contributed by atoms with E-state index in [9.17, 15) is 24.9 Å². The number of carbonyl (C=O) groups excluding carboxylic acids is 2. The van der Waals surface area contributed by atoms with Crippen LogP contribution in [0.2, 0.25) is 0 Å². The number of anilines is 5. The molecule has 3 fully saturated rings. The molecule has 4 aliphatic rings. The van der Waals surface area contributed by atoms with Crippen molar-refractivity contribution in [1.82, 2.24) is 14.8 Å². The molecule has 4 aliphatic heterocycles. The van der Waals surface area contributed by atoms with Crippen molar-refractivity contribution in [3.05, 3.63) is 87.2 Å². The molecule has 1 unspecified atom stereocenters. The molecule has 8 rings (SSSR count). The number of amides is 2. The zero-order chi connectivity index (χ0) is 39.1. The van der Waals surface area contributed by atoms with Gasteiger partial charge in [0, 0.05) is 69.9 Å². The molecule has 4 aromatic rings. The van der Waals surface area contributed by atoms with Crippen LogP contribution < -0.4 is 30.9 Å². The van der Waals surface area contributed by atoms with E-state index < -0.39 is 6.04 Å². The third kappa shape index (κ3) is 7.17. The minimum Gasteiger partial charge on any atom is -0.374 e. The third-order valence-electron chi connectivity index (χ3n) is 12.5. The van der Waals surface area contributed by atoms with Crippen molar-refractivity contribution in [2.24, 2.45) is 13.0 Å². The zero-order valence-corrected chi connectivity index (χ0v) is 32.5. The molecule has 12 heteroatoms. The molecule has 5 heterocycles. The summed E-state index contributed by atoms with van der Waals surface area (Å²) in [7, 11) is 3.97. The molecule has 3 saturated heterocycles. The Balaban J connectivity index is 0.931. The number of pyridine rings is 1. The second-order valence-electron chi connectivity index (χ2n) is 16.0. The van der Waals surface area contributed by atoms with Crippen molar-refractivity contribution in [3.63, 3.8) is 0 Å². The van der Waals surface area contributed by atoms with Crippen LogP contribution in [0, 0.1) is 35.5 Å². The Morgan fingerprint density at radius 3 is 2.29 bits per heavy atom. The lowest BCUT2D eigenvalue weighted by Gasteiger charge is -2.39. The van der Waals surface area contributed by atoms with E-state index in [0.717, 1.165) is 111 Å². The SMILES string of the molecule is Cc1cc2c(N3CCN(C)c4ccc(C#N)cc43)cc(C3CCN(CC4CCN(c5ccc(NC6CCC(=O)NC6=O)cc5C#N)CC4)CC3)cc2n(C)c1=O. The normalized spacial score (nSPS) is 19.7. The van der Waals surface area contributed by atoms with Gasteiger partial charge in [0.1, 0.15) is 12.1 Å². The maximum absolute atomic E-state index is 13.2. The highest BCUT2D eigenvalue weighted by atomic mass is 16.2. The number of piperidine rings is 3. The Morgan fingerprint density at radius 2 is 1.55 bits per heavy atom. The number of imide groups is 1. The molecular formula is C44H49N9O3. The number of likely N-dealkylation sites (N-methyl/N-ethyl adjacent to an activating group) is 1. The fourth-order valence-corrected chi connectivity index (χ4v) is 9.25. The van der Waals surface area contributed by atoms with Crippen LogP contribution in [0.25, 0.3) is 10.9 Å². The van der Waals surface area contributed by atoms with Gasteiger partial charge in [-0.05, 0) is 124 Å². The van der Waals surface area contributed by atoms with Crippen LogP contribution in [0.1, 0.15) is 66.7 Å². The van der Waals surface area contributed by atoms with Gasteiger partial charge in [-0.2, -0.15) is 10.5 Å². The van der Waals surface area contributed by atoms with Crippen molar-refractivity contribution < 1.29 is 9.59 Å². The molecular weight excluding hydrogens is 703 g/mol. The molecule has 0 spiro atoms. The van der Waals surface area contributed by atoms with Crippen molar-refractivity contribution in [2.45, 2.75) is 57.4 Å². The number of aromatic nitrogens is 1. The Bertz CT molecular complexity index is 2340. The number of likely N-dealkylation sites (tertiary alicyclic amines) is 1. The van der Waals surface area contributed by atoms with Gasteiger partial charge in [0.2, 0.25) is 11.8 Å². The summed E-state index contributed by atoms with van der Waals surface area (Å²) in [6.07, 6.45) is 4.94. The number of nitriles is 2. The van der Waals surface area contributed by atoms with Gasteiger partial charge in [0.25, 0.3) is 5.56 Å². The highest BCUT2D eigenvalue weighted by Crippen LogP contribution is 2.43. The largest absolute Gasteiger partial charge is 0.374 e. The van der Waals surface area contributed by atoms with E-state index in [1.807, 2.05) is 56.4 Å². The maximum atomic E-state index is 13.2. The molecule has 56 heavy (non-hydrogen) atoms. The predicted molar refractivity (Wildman–Crippen MR) is 220 cm³/mol. The predicted octanol–water partition coefficient (Wildman–Crippen LogP) is 5.49. The van der Waals surface area contributed by atoms with E-state index >= 15 is 0 Å². The van der Waals surface area contributed by atoms with Crippen molar-refractivity contribution in [2.75, 3.05) is 72.9 Å². The summed E-state index contributed by atoms with van der Waals surface area (Å²) < 4.78 is 1.80. The topological polar surface area (TPSA) is 141 Å². The molecule has 1 aromatic heterocycles. The number of carbonyl (C=O) groups is 2. The first-order valence-corrected chi connectivity index (χ1v) is 19.9. The molecule has 2 N–H and O–H groups in total. The standard InChI is InChI=1S/C44H49N9O3/c1-28-20-35-39(50(3)44(28)56)23-32(24-40(35)53-19-18-49(2)38-7-4-30(25-45)21-41(38)53)31-12-14-51(15-13-31)27-29-10-16-52(17-11-29)37-8-5-34(22-33(37)26-46)47-36-6-9-42(54)48-43(36)55/h4-5,7-8,20-24,29,31,36,47H,6,9-19,27H2,1-3H3,(H,48,54,55). The van der Waals surface area contributed by atoms with Crippen LogP contribution in [0.15, 0.2) is 59.4 Å². The first-order chi connectivity index (χ1) is 27.1. The number of fused-ring (bicyclic) bond motifs is 2. The summed E-state index contributed by atoms with van der Waals surface area (Å²) in [6.45, 7) is 8.40. The molecule has 3 aromatic carbocycles. The lowest BCUT2D eigenvalue weighted by molar-refractivity contribution is -0.133. The van der Waals surface area contributed by atoms with E-state index in [-0.39, 0.29) is 17.4 Å². The van der Waals surface area contributed by atoms with Gasteiger partial charge in [-0.3, -0.25) is 19.7 Å². The van der Waals surface area contributed by atoms with Gasteiger partial charge in [0.15, 0.2) is 0 Å². The van der Waals surface area contributed by atoms with Crippen LogP contribution >= 0.6 is 0 Å². The summed E-state index contributed by atoms with van der Waals surface area (Å²) in [5, 5.41) is 26.4. The van der Waals surface area contributed by atoms with E-state index in [2.05, 4.69) is 61.6 Å². The van der Waals surface area contributed by atoms with Crippen LogP contribution in [-0.2, 0) is 16.6 Å². The maximum Gasteiger partial charge on any atom is 0.253 e. The van der Waals surface area contributed by atoms with Gasteiger partial charge in [-0.1, -0.05) is 0 Å². The van der Waals surface area contributed by atoms with Crippen LogP contribution in [0.3, 0.4) is 0 Å². The average molecular weight is 752 g/mol. The van der Waals surface area contributed by atoms with Gasteiger partial charge in [-0.25, -0.2) is 0 Å². The Morgan fingerprint density at radius 1 is 0.786 bits per heavy atom. The van der Waals surface area contributed by atoms with Crippen LogP contribution in [0.4, 0.5) is 28.4 Å². The van der Waals surface area contributed by atoms with Gasteiger partial charge >= 0.3 is 0 Å². The summed E-state index contributed by atoms with van der Waals surface area (Å²) in [6, 6.07) is 22.4. The number of nitrogens with one attached hydrogen (secondary N) is 2. The number of aryl methyl sites for hydroxylation is 2. The number of rotatable bonds is 7. The highest BCUT2D eigenvalue weighted by molar-refractivity contribution is 6.01. The fraction of sp³-hybridized carbons (Fsp3) is 0.432. The lowest BCUT2D eigenvalue weighted by atomic mass is 9.87. The number of nitrogens with zero attached hydrogens (tertiary/aromatic N) is 7. The van der Waals surface area contributed by atoms with Crippen molar-refractivity contribution in [1.29, 1.82) is 10.5 Å². The second kappa shape index (κ2) is 15.4. The fourth-order valence-electron chi connectivity index (χ4n) is 9.25. The lowest BCUT2D eigenvalue weighted by Crippen LogP contribution is -2.47. The second-order valence-corrected chi connectivity index (χ2v) is 16.0. The first kappa shape index (κ1) is 37.1. The molecule has 288 valence electrons. The Kier molecular flexibility index (Phi) is 10.2. The van der Waals surface area contributed by atoms with E-state index in [1.165, 1.54) is 5.56 Å². The van der Waals surface area contributed by atoms with Crippen LogP contribution in [0.5, 0.6) is 0 Å². The zero-order valence-electron chi connectivity index (χ0n) is 32.5. The summed E-state index contributed by atoms with van der Waals surface area (Å²) in [4.78, 5) is 46.5. The molecule has 0 saturated carbocycles. The summed E-state index contributed by atoms with van der Waals surface area (Å²) >= 11 is 0. The summed E-state index contributed by atoms with van der Waals surface area (Å²) in [5.41, 5.74) is 9.00. The van der Waals surface area contributed by atoms with Gasteiger partial charge in [0.05, 0.1) is 45.5 Å². The quantitative estimate of drug-likeness (QED) is 0.233. The van der Waals surface area contributed by atoms with Gasteiger partial charge in [-0.15, -0.1) is 0 Å². The van der Waals surface area contributed by atoms with E-state index in [0.29, 0.717) is 41.5 Å². The Hall–Kier alpha value is -5.85. The smallest absolute Gasteiger partial charge is 0.253 e. The van der Waals surface area contributed by atoms with Crippen LogP contribution in [-0.4, -0.2) is 80.2 Å². The van der Waals surface area contributed by atoms with E-state index in [4.69, 9.17) is 0 Å². The number of benzene rings is 3. The number of hydrogen-bond acceptors (Lipinski definition) is 10. The highest BCUT2D eigenvalue weighted by Gasteiger charge is 2.30. The minimum absolute atomic E-state index is 0.0228.